The maximum absolute atomic E-state index is 12.9. The minimum absolute atomic E-state index is 0.0450. The summed E-state index contributed by atoms with van der Waals surface area (Å²) in [7, 11) is 0. The van der Waals surface area contributed by atoms with Crippen molar-refractivity contribution in [2.24, 2.45) is 0 Å². The van der Waals surface area contributed by atoms with Crippen LogP contribution in [0.3, 0.4) is 0 Å². The highest BCUT2D eigenvalue weighted by Crippen LogP contribution is 2.20. The largest absolute Gasteiger partial charge is 0.435 e. The highest BCUT2D eigenvalue weighted by atomic mass is 19.3. The van der Waals surface area contributed by atoms with E-state index in [1.807, 2.05) is 6.92 Å². The van der Waals surface area contributed by atoms with Gasteiger partial charge in [-0.05, 0) is 42.3 Å². The molecule has 0 aliphatic rings. The second-order valence-electron chi connectivity index (χ2n) is 5.14. The Morgan fingerprint density at radius 1 is 1.00 bits per heavy atom. The molecule has 0 radical (unpaired) electrons. The van der Waals surface area contributed by atoms with E-state index >= 15 is 0 Å². The van der Waals surface area contributed by atoms with Gasteiger partial charge >= 0.3 is 6.61 Å². The molecule has 0 aliphatic heterocycles. The highest BCUT2D eigenvalue weighted by Gasteiger charge is 2.12. The van der Waals surface area contributed by atoms with Gasteiger partial charge in [-0.1, -0.05) is 24.3 Å². The van der Waals surface area contributed by atoms with Gasteiger partial charge in [-0.2, -0.15) is 8.78 Å². The SMILES string of the molecule is CC(NCC(O)c1ccc(OC(F)F)cc1)c1ccc(F)cc1. The molecule has 3 nitrogen and oxygen atoms in total. The van der Waals surface area contributed by atoms with Gasteiger partial charge in [-0.25, -0.2) is 4.39 Å². The molecule has 0 saturated carbocycles. The van der Waals surface area contributed by atoms with Gasteiger partial charge in [0.2, 0.25) is 0 Å². The van der Waals surface area contributed by atoms with Crippen LogP contribution in [0.5, 0.6) is 5.75 Å². The Bertz CT molecular complexity index is 602. The molecule has 2 N–H and O–H groups in total. The van der Waals surface area contributed by atoms with Crippen molar-refractivity contribution in [2.45, 2.75) is 25.7 Å². The van der Waals surface area contributed by atoms with Crippen LogP contribution in [-0.4, -0.2) is 18.3 Å². The molecule has 0 heterocycles. The maximum Gasteiger partial charge on any atom is 0.387 e. The molecule has 2 atom stereocenters. The van der Waals surface area contributed by atoms with E-state index in [1.54, 1.807) is 12.1 Å². The fourth-order valence-corrected chi connectivity index (χ4v) is 2.15. The Morgan fingerprint density at radius 2 is 1.57 bits per heavy atom. The standard InChI is InChI=1S/C17H18F3NO2/c1-11(12-2-6-14(18)7-3-12)21-10-16(22)13-4-8-15(9-5-13)23-17(19)20/h2-9,11,16-17,21-22H,10H2,1H3. The molecule has 0 amide bonds. The first-order valence-electron chi connectivity index (χ1n) is 7.17. The lowest BCUT2D eigenvalue weighted by atomic mass is 10.1. The zero-order valence-electron chi connectivity index (χ0n) is 12.5. The van der Waals surface area contributed by atoms with E-state index in [-0.39, 0.29) is 24.2 Å². The number of aliphatic hydroxyl groups excluding tert-OH is 1. The number of nitrogens with one attached hydrogen (secondary N) is 1. The summed E-state index contributed by atoms with van der Waals surface area (Å²) in [5.74, 6) is -0.254. The van der Waals surface area contributed by atoms with Crippen LogP contribution in [0.2, 0.25) is 0 Å². The van der Waals surface area contributed by atoms with Gasteiger partial charge in [0, 0.05) is 12.6 Å². The zero-order chi connectivity index (χ0) is 16.8. The fraction of sp³-hybridized carbons (Fsp3) is 0.294. The molecule has 2 unspecified atom stereocenters. The molecule has 0 saturated heterocycles. The Labute approximate surface area is 132 Å². The average Bonchev–Trinajstić information content (AvgIpc) is 2.53. The van der Waals surface area contributed by atoms with E-state index < -0.39 is 12.7 Å². The molecule has 0 aliphatic carbocycles. The van der Waals surface area contributed by atoms with Crippen molar-refractivity contribution in [3.8, 4) is 5.75 Å². The van der Waals surface area contributed by atoms with Crippen molar-refractivity contribution in [1.29, 1.82) is 0 Å². The van der Waals surface area contributed by atoms with Crippen molar-refractivity contribution >= 4 is 0 Å². The topological polar surface area (TPSA) is 41.5 Å². The van der Waals surface area contributed by atoms with E-state index in [4.69, 9.17) is 0 Å². The van der Waals surface area contributed by atoms with Gasteiger partial charge in [0.05, 0.1) is 6.10 Å². The smallest absolute Gasteiger partial charge is 0.387 e. The van der Waals surface area contributed by atoms with Crippen molar-refractivity contribution < 1.29 is 23.0 Å². The van der Waals surface area contributed by atoms with Crippen LogP contribution in [0.15, 0.2) is 48.5 Å². The summed E-state index contributed by atoms with van der Waals surface area (Å²) in [6.07, 6.45) is -0.793. The van der Waals surface area contributed by atoms with Gasteiger partial charge < -0.3 is 15.2 Å². The van der Waals surface area contributed by atoms with Gasteiger partial charge in [0.1, 0.15) is 11.6 Å². The Morgan fingerprint density at radius 3 is 2.13 bits per heavy atom. The Balaban J connectivity index is 1.88. The Kier molecular flexibility index (Phi) is 6.01. The quantitative estimate of drug-likeness (QED) is 0.813. The summed E-state index contributed by atoms with van der Waals surface area (Å²) in [6.45, 7) is -0.698. The first-order valence-corrected chi connectivity index (χ1v) is 7.17. The molecule has 2 aromatic rings. The van der Waals surface area contributed by atoms with Gasteiger partial charge in [-0.3, -0.25) is 0 Å². The van der Waals surface area contributed by atoms with Crippen molar-refractivity contribution in [3.05, 3.63) is 65.5 Å². The van der Waals surface area contributed by atoms with Crippen LogP contribution in [0.4, 0.5) is 13.2 Å². The summed E-state index contributed by atoms with van der Waals surface area (Å²) in [4.78, 5) is 0. The second-order valence-corrected chi connectivity index (χ2v) is 5.14. The highest BCUT2D eigenvalue weighted by molar-refractivity contribution is 5.28. The van der Waals surface area contributed by atoms with Crippen LogP contribution in [0, 0.1) is 5.82 Å². The number of benzene rings is 2. The minimum atomic E-state index is -2.87. The third kappa shape index (κ3) is 5.26. The predicted molar refractivity (Wildman–Crippen MR) is 80.9 cm³/mol. The molecule has 0 bridgehead atoms. The summed E-state index contributed by atoms with van der Waals surface area (Å²) < 4.78 is 41.3. The van der Waals surface area contributed by atoms with Crippen LogP contribution in [0.25, 0.3) is 0 Å². The number of ether oxygens (including phenoxy) is 1. The van der Waals surface area contributed by atoms with E-state index in [1.165, 1.54) is 36.4 Å². The van der Waals surface area contributed by atoms with Crippen molar-refractivity contribution in [1.82, 2.24) is 5.32 Å². The number of hydrogen-bond acceptors (Lipinski definition) is 3. The van der Waals surface area contributed by atoms with E-state index in [9.17, 15) is 18.3 Å². The van der Waals surface area contributed by atoms with Gasteiger partial charge in [0.25, 0.3) is 0 Å². The minimum Gasteiger partial charge on any atom is -0.435 e. The normalized spacial score (nSPS) is 13.8. The molecule has 0 spiro atoms. The molecule has 124 valence electrons. The molecule has 6 heteroatoms. The molecular weight excluding hydrogens is 307 g/mol. The molecular formula is C17H18F3NO2. The van der Waals surface area contributed by atoms with E-state index in [2.05, 4.69) is 10.1 Å². The maximum atomic E-state index is 12.9. The number of alkyl halides is 2. The van der Waals surface area contributed by atoms with Crippen LogP contribution < -0.4 is 10.1 Å². The fourth-order valence-electron chi connectivity index (χ4n) is 2.15. The third-order valence-corrected chi connectivity index (χ3v) is 3.48. The van der Waals surface area contributed by atoms with E-state index in [0.717, 1.165) is 5.56 Å². The first-order chi connectivity index (χ1) is 11.0. The number of rotatable bonds is 7. The lowest BCUT2D eigenvalue weighted by Gasteiger charge is -2.18. The first kappa shape index (κ1) is 17.3. The second kappa shape index (κ2) is 7.99. The average molecular weight is 325 g/mol. The van der Waals surface area contributed by atoms with Crippen molar-refractivity contribution in [2.75, 3.05) is 6.54 Å². The molecule has 0 aromatic heterocycles. The zero-order valence-corrected chi connectivity index (χ0v) is 12.5. The number of hydrogen-bond donors (Lipinski definition) is 2. The molecule has 2 aromatic carbocycles. The number of halogens is 3. The van der Waals surface area contributed by atoms with E-state index in [0.29, 0.717) is 5.56 Å². The van der Waals surface area contributed by atoms with Crippen LogP contribution in [-0.2, 0) is 0 Å². The van der Waals surface area contributed by atoms with Gasteiger partial charge in [0.15, 0.2) is 0 Å². The summed E-state index contributed by atoms with van der Waals surface area (Å²) >= 11 is 0. The lowest BCUT2D eigenvalue weighted by Crippen LogP contribution is -2.24. The van der Waals surface area contributed by atoms with Crippen LogP contribution in [0.1, 0.15) is 30.2 Å². The lowest BCUT2D eigenvalue weighted by molar-refractivity contribution is -0.0498. The van der Waals surface area contributed by atoms with Crippen molar-refractivity contribution in [3.63, 3.8) is 0 Å². The van der Waals surface area contributed by atoms with Crippen LogP contribution >= 0.6 is 0 Å². The Hall–Kier alpha value is -2.05. The molecule has 0 fully saturated rings. The molecule has 2 rings (SSSR count). The summed E-state index contributed by atoms with van der Waals surface area (Å²) in [6, 6.07) is 11.9. The summed E-state index contributed by atoms with van der Waals surface area (Å²) in [5, 5.41) is 13.3. The molecule has 23 heavy (non-hydrogen) atoms. The predicted octanol–water partition coefficient (Wildman–Crippen LogP) is 3.81. The van der Waals surface area contributed by atoms with Gasteiger partial charge in [-0.15, -0.1) is 0 Å². The monoisotopic (exact) mass is 325 g/mol. The number of aliphatic hydroxyl groups is 1. The third-order valence-electron chi connectivity index (χ3n) is 3.48. The summed E-state index contributed by atoms with van der Waals surface area (Å²) in [5.41, 5.74) is 1.49.